The van der Waals surface area contributed by atoms with Crippen LogP contribution < -0.4 is 15.3 Å². The average molecular weight is 607 g/mol. The molecule has 31 heavy (non-hydrogen) atoms. The van der Waals surface area contributed by atoms with Crippen LogP contribution in [0.4, 0.5) is 0 Å². The van der Waals surface area contributed by atoms with Crippen LogP contribution in [0.5, 0.6) is 17.2 Å². The summed E-state index contributed by atoms with van der Waals surface area (Å²) in [6.45, 7) is 0. The molecule has 0 aliphatic rings. The summed E-state index contributed by atoms with van der Waals surface area (Å²) in [5.41, 5.74) is -1.28. The van der Waals surface area contributed by atoms with E-state index in [0.29, 0.717) is 0 Å². The molecule has 3 rings (SSSR count). The van der Waals surface area contributed by atoms with Gasteiger partial charge in [0, 0.05) is 18.6 Å². The summed E-state index contributed by atoms with van der Waals surface area (Å²) in [4.78, 5) is 40.4. The van der Waals surface area contributed by atoms with E-state index in [1.165, 1.54) is 55.0 Å². The van der Waals surface area contributed by atoms with Crippen molar-refractivity contribution in [3.8, 4) is 17.2 Å². The molecule has 0 spiro atoms. The molecule has 0 bridgehead atoms. The van der Waals surface area contributed by atoms with Gasteiger partial charge in [0.15, 0.2) is 0 Å². The molecule has 0 aromatic carbocycles. The van der Waals surface area contributed by atoms with Crippen LogP contribution in [0.3, 0.4) is 0 Å². The van der Waals surface area contributed by atoms with Crippen molar-refractivity contribution in [2.75, 3.05) is 0 Å². The number of pyridine rings is 3. The minimum atomic E-state index is -1.47. The van der Waals surface area contributed by atoms with Crippen LogP contribution in [0.25, 0.3) is 0 Å². The van der Waals surface area contributed by atoms with Crippen molar-refractivity contribution in [1.29, 1.82) is 0 Å². The summed E-state index contributed by atoms with van der Waals surface area (Å²) in [6, 6.07) is 8.00. The van der Waals surface area contributed by atoms with Gasteiger partial charge in [0.2, 0.25) is 0 Å². The number of hydrogen-bond donors (Lipinski definition) is 3. The van der Waals surface area contributed by atoms with E-state index in [0.717, 1.165) is 0 Å². The molecule has 0 unspecified atom stereocenters. The fourth-order valence-corrected chi connectivity index (χ4v) is 1.66. The van der Waals surface area contributed by atoms with Gasteiger partial charge < -0.3 is 45.0 Å². The summed E-state index contributed by atoms with van der Waals surface area (Å²) in [5, 5.41) is 56.7. The standard InChI is InChI=1S/3C6H5NO3.Ir/c3*8-4-2-1-3-7-5(4)6(9)10;/h3*1-3,8H,(H,9,10);/q;;;+3/p-3. The van der Waals surface area contributed by atoms with Gasteiger partial charge >= 0.3 is 20.1 Å². The zero-order valence-electron chi connectivity index (χ0n) is 15.2. The monoisotopic (exact) mass is 607 g/mol. The van der Waals surface area contributed by atoms with E-state index in [9.17, 15) is 29.7 Å². The summed E-state index contributed by atoms with van der Waals surface area (Å²) in [6.07, 6.45) is 3.81. The maximum absolute atomic E-state index is 10.1. The van der Waals surface area contributed by atoms with Gasteiger partial charge in [0.1, 0.15) is 34.3 Å². The zero-order valence-corrected chi connectivity index (χ0v) is 17.6. The molecule has 0 aliphatic carbocycles. The second-order valence-corrected chi connectivity index (χ2v) is 4.98. The molecular formula is C18H12IrN3O9. The predicted octanol–water partition coefficient (Wildman–Crippen LogP) is -2.55. The quantitative estimate of drug-likeness (QED) is 0.281. The van der Waals surface area contributed by atoms with Gasteiger partial charge in [-0.15, -0.1) is 0 Å². The number of nitrogens with zero attached hydrogens (tertiary/aromatic N) is 3. The minimum absolute atomic E-state index is 0. The molecule has 0 fully saturated rings. The van der Waals surface area contributed by atoms with E-state index in [2.05, 4.69) is 15.0 Å². The van der Waals surface area contributed by atoms with Crippen molar-refractivity contribution >= 4 is 17.9 Å². The van der Waals surface area contributed by atoms with E-state index < -0.39 is 35.0 Å². The van der Waals surface area contributed by atoms with Crippen molar-refractivity contribution in [1.82, 2.24) is 15.0 Å². The van der Waals surface area contributed by atoms with E-state index in [1.54, 1.807) is 0 Å². The molecular weight excluding hydrogens is 594 g/mol. The van der Waals surface area contributed by atoms with Gasteiger partial charge in [-0.3, -0.25) is 15.0 Å². The van der Waals surface area contributed by atoms with Crippen molar-refractivity contribution in [2.24, 2.45) is 0 Å². The van der Waals surface area contributed by atoms with E-state index >= 15 is 0 Å². The Kier molecular flexibility index (Phi) is 11.5. The van der Waals surface area contributed by atoms with Gasteiger partial charge in [-0.25, -0.2) is 0 Å². The molecule has 3 aromatic rings. The first-order valence-electron chi connectivity index (χ1n) is 7.71. The van der Waals surface area contributed by atoms with Crippen LogP contribution in [0.1, 0.15) is 31.5 Å². The molecule has 0 aliphatic heterocycles. The predicted molar refractivity (Wildman–Crippen MR) is 90.7 cm³/mol. The number of aromatic hydroxyl groups is 3. The molecule has 3 heterocycles. The van der Waals surface area contributed by atoms with Crippen LogP contribution in [0.15, 0.2) is 55.0 Å². The number of aromatic nitrogens is 3. The molecule has 0 saturated carbocycles. The number of carboxylic acid groups (broad SMARTS) is 3. The molecule has 3 aromatic heterocycles. The first kappa shape index (κ1) is 26.9. The second-order valence-electron chi connectivity index (χ2n) is 4.98. The summed E-state index contributed by atoms with van der Waals surface area (Å²) in [7, 11) is 0. The minimum Gasteiger partial charge on any atom is -0.543 e. The van der Waals surface area contributed by atoms with E-state index in [1.807, 2.05) is 0 Å². The Hall–Kier alpha value is -4.09. The molecule has 12 nitrogen and oxygen atoms in total. The fraction of sp³-hybridized carbons (Fsp3) is 0. The van der Waals surface area contributed by atoms with Gasteiger partial charge in [0.05, 0.1) is 17.9 Å². The number of rotatable bonds is 3. The molecule has 13 heteroatoms. The number of aromatic carboxylic acids is 3. The first-order valence-corrected chi connectivity index (χ1v) is 7.71. The second kappa shape index (κ2) is 13.2. The Morgan fingerprint density at radius 1 is 0.581 bits per heavy atom. The van der Waals surface area contributed by atoms with Crippen LogP contribution in [0.2, 0.25) is 0 Å². The van der Waals surface area contributed by atoms with Gasteiger partial charge in [0.25, 0.3) is 0 Å². The SMILES string of the molecule is O=C([O-])c1ncccc1O.O=C([O-])c1ncccc1O.O=C([O-])c1ncccc1O.[Ir+3]. The van der Waals surface area contributed by atoms with Crippen molar-refractivity contribution in [2.45, 2.75) is 0 Å². The third-order valence-electron chi connectivity index (χ3n) is 2.94. The van der Waals surface area contributed by atoms with Crippen molar-refractivity contribution in [3.63, 3.8) is 0 Å². The molecule has 0 amide bonds. The van der Waals surface area contributed by atoms with Crippen LogP contribution >= 0.6 is 0 Å². The third-order valence-corrected chi connectivity index (χ3v) is 2.94. The van der Waals surface area contributed by atoms with Crippen LogP contribution in [0, 0.1) is 0 Å². The largest absolute Gasteiger partial charge is 3.00 e. The molecule has 0 atom stereocenters. The summed E-state index contributed by atoms with van der Waals surface area (Å²) < 4.78 is 0. The fourth-order valence-electron chi connectivity index (χ4n) is 1.66. The number of carboxylic acids is 3. The topological polar surface area (TPSA) is 220 Å². The number of carbonyl (C=O) groups excluding carboxylic acids is 3. The Morgan fingerprint density at radius 2 is 0.806 bits per heavy atom. The third kappa shape index (κ3) is 8.85. The molecule has 162 valence electrons. The normalized spacial score (nSPS) is 8.90. The van der Waals surface area contributed by atoms with Gasteiger partial charge in [-0.1, -0.05) is 0 Å². The van der Waals surface area contributed by atoms with Gasteiger partial charge in [-0.05, 0) is 36.4 Å². The Bertz CT molecular complexity index is 915. The van der Waals surface area contributed by atoms with Crippen molar-refractivity contribution in [3.05, 3.63) is 72.1 Å². The summed E-state index contributed by atoms with van der Waals surface area (Å²) in [5.74, 6) is -5.54. The maximum atomic E-state index is 10.1. The molecule has 3 N–H and O–H groups in total. The zero-order chi connectivity index (χ0) is 22.7. The van der Waals surface area contributed by atoms with E-state index in [-0.39, 0.29) is 37.4 Å². The summed E-state index contributed by atoms with van der Waals surface area (Å²) >= 11 is 0. The maximum Gasteiger partial charge on any atom is 3.00 e. The Balaban J connectivity index is 0.000000429. The first-order chi connectivity index (χ1) is 14.1. The molecule has 0 saturated heterocycles. The number of hydrogen-bond acceptors (Lipinski definition) is 12. The molecule has 0 radical (unpaired) electrons. The van der Waals surface area contributed by atoms with Crippen LogP contribution in [-0.2, 0) is 20.1 Å². The van der Waals surface area contributed by atoms with Crippen LogP contribution in [-0.4, -0.2) is 48.2 Å². The smallest absolute Gasteiger partial charge is 0.543 e. The van der Waals surface area contributed by atoms with Crippen molar-refractivity contribution < 1.29 is 65.1 Å². The van der Waals surface area contributed by atoms with Gasteiger partial charge in [-0.2, -0.15) is 0 Å². The average Bonchev–Trinajstić information content (AvgIpc) is 2.69. The van der Waals surface area contributed by atoms with E-state index in [4.69, 9.17) is 15.3 Å². The number of carbonyl (C=O) groups is 3. The Morgan fingerprint density at radius 3 is 0.935 bits per heavy atom. The Labute approximate surface area is 187 Å².